The Labute approximate surface area is 247 Å². The van der Waals surface area contributed by atoms with Crippen molar-refractivity contribution < 1.29 is 27.5 Å². The standard InChI is InChI=1S/C30H36ClN3O6S/c1-6-26(30(36)32-7-2)33(19-22-11-9-8-10-21(22)3)29(35)20-34(24-14-12-23(31)13-15-24)41(37,38)25-16-17-27(39-4)28(18-25)40-5/h8-18,26H,6-7,19-20H2,1-5H3,(H,32,36). The summed E-state index contributed by atoms with van der Waals surface area (Å²) in [6.07, 6.45) is 0.340. The molecule has 0 radical (unpaired) electrons. The predicted octanol–water partition coefficient (Wildman–Crippen LogP) is 4.80. The van der Waals surface area contributed by atoms with Gasteiger partial charge in [-0.1, -0.05) is 42.8 Å². The second-order valence-corrected chi connectivity index (χ2v) is 11.6. The van der Waals surface area contributed by atoms with E-state index in [2.05, 4.69) is 5.32 Å². The Balaban J connectivity index is 2.10. The highest BCUT2D eigenvalue weighted by Crippen LogP contribution is 2.33. The van der Waals surface area contributed by atoms with Gasteiger partial charge in [0.05, 0.1) is 24.8 Å². The van der Waals surface area contributed by atoms with E-state index in [9.17, 15) is 18.0 Å². The fourth-order valence-electron chi connectivity index (χ4n) is 4.42. The Morgan fingerprint density at radius 2 is 1.61 bits per heavy atom. The summed E-state index contributed by atoms with van der Waals surface area (Å²) in [7, 11) is -1.43. The van der Waals surface area contributed by atoms with Crippen LogP contribution in [0, 0.1) is 6.92 Å². The van der Waals surface area contributed by atoms with Gasteiger partial charge in [-0.25, -0.2) is 8.42 Å². The van der Waals surface area contributed by atoms with Crippen LogP contribution < -0.4 is 19.1 Å². The van der Waals surface area contributed by atoms with Gasteiger partial charge >= 0.3 is 0 Å². The Kier molecular flexibility index (Phi) is 11.0. The summed E-state index contributed by atoms with van der Waals surface area (Å²) in [5, 5.41) is 3.21. The van der Waals surface area contributed by atoms with Crippen LogP contribution in [0.1, 0.15) is 31.4 Å². The van der Waals surface area contributed by atoms with E-state index in [1.807, 2.05) is 38.1 Å². The molecule has 41 heavy (non-hydrogen) atoms. The van der Waals surface area contributed by atoms with E-state index in [0.717, 1.165) is 15.4 Å². The largest absolute Gasteiger partial charge is 0.493 e. The molecule has 3 aromatic carbocycles. The molecule has 3 rings (SSSR count). The van der Waals surface area contributed by atoms with Gasteiger partial charge in [-0.05, 0) is 67.8 Å². The van der Waals surface area contributed by atoms with Gasteiger partial charge in [0.1, 0.15) is 12.6 Å². The molecule has 0 aliphatic rings. The van der Waals surface area contributed by atoms with Crippen molar-refractivity contribution in [1.29, 1.82) is 0 Å². The zero-order valence-electron chi connectivity index (χ0n) is 23.9. The van der Waals surface area contributed by atoms with Crippen molar-refractivity contribution in [2.75, 3.05) is 31.6 Å². The van der Waals surface area contributed by atoms with Crippen LogP contribution in [-0.2, 0) is 26.2 Å². The lowest BCUT2D eigenvalue weighted by Gasteiger charge is -2.33. The molecule has 0 heterocycles. The number of benzene rings is 3. The van der Waals surface area contributed by atoms with E-state index in [1.165, 1.54) is 49.5 Å². The summed E-state index contributed by atoms with van der Waals surface area (Å²) in [6.45, 7) is 5.51. The van der Waals surface area contributed by atoms with Gasteiger partial charge in [0.2, 0.25) is 11.8 Å². The van der Waals surface area contributed by atoms with Gasteiger partial charge in [0.15, 0.2) is 11.5 Å². The van der Waals surface area contributed by atoms with Crippen LogP contribution in [0.25, 0.3) is 0 Å². The molecule has 3 aromatic rings. The molecule has 0 saturated carbocycles. The molecule has 0 saturated heterocycles. The summed E-state index contributed by atoms with van der Waals surface area (Å²) in [5.74, 6) is -0.264. The monoisotopic (exact) mass is 601 g/mol. The highest BCUT2D eigenvalue weighted by Gasteiger charge is 2.34. The predicted molar refractivity (Wildman–Crippen MR) is 160 cm³/mol. The number of hydrogen-bond acceptors (Lipinski definition) is 6. The molecule has 0 spiro atoms. The van der Waals surface area contributed by atoms with Gasteiger partial charge in [-0.2, -0.15) is 0 Å². The number of nitrogens with zero attached hydrogens (tertiary/aromatic N) is 2. The summed E-state index contributed by atoms with van der Waals surface area (Å²) in [6, 6.07) is 17.1. The van der Waals surface area contributed by atoms with Crippen LogP contribution in [-0.4, -0.2) is 58.5 Å². The molecule has 0 aliphatic heterocycles. The second-order valence-electron chi connectivity index (χ2n) is 9.27. The van der Waals surface area contributed by atoms with E-state index in [1.54, 1.807) is 19.1 Å². The van der Waals surface area contributed by atoms with Crippen LogP contribution in [0.15, 0.2) is 71.6 Å². The van der Waals surface area contributed by atoms with Crippen molar-refractivity contribution >= 4 is 39.1 Å². The summed E-state index contributed by atoms with van der Waals surface area (Å²) >= 11 is 6.09. The number of aryl methyl sites for hydroxylation is 1. The van der Waals surface area contributed by atoms with Crippen molar-refractivity contribution in [2.24, 2.45) is 0 Å². The number of rotatable bonds is 13. The fourth-order valence-corrected chi connectivity index (χ4v) is 5.98. The molecule has 0 aliphatic carbocycles. The van der Waals surface area contributed by atoms with Crippen LogP contribution in [0.3, 0.4) is 0 Å². The summed E-state index contributed by atoms with van der Waals surface area (Å²) in [5.41, 5.74) is 2.03. The molecule has 1 atom stereocenters. The van der Waals surface area contributed by atoms with Crippen molar-refractivity contribution in [2.45, 2.75) is 44.7 Å². The first kappa shape index (κ1) is 31.8. The maximum Gasteiger partial charge on any atom is 0.264 e. The average Bonchev–Trinajstić information content (AvgIpc) is 2.96. The SMILES string of the molecule is CCNC(=O)C(CC)N(Cc1ccccc1C)C(=O)CN(c1ccc(Cl)cc1)S(=O)(=O)c1ccc(OC)c(OC)c1. The first-order valence-corrected chi connectivity index (χ1v) is 15.0. The topological polar surface area (TPSA) is 105 Å². The van der Waals surface area contributed by atoms with Gasteiger partial charge in [-0.15, -0.1) is 0 Å². The number of halogens is 1. The number of carbonyl (C=O) groups excluding carboxylic acids is 2. The zero-order chi connectivity index (χ0) is 30.2. The maximum absolute atomic E-state index is 14.1. The summed E-state index contributed by atoms with van der Waals surface area (Å²) < 4.78 is 39.8. The number of methoxy groups -OCH3 is 2. The number of sulfonamides is 1. The minimum atomic E-state index is -4.29. The van der Waals surface area contributed by atoms with E-state index in [0.29, 0.717) is 23.7 Å². The summed E-state index contributed by atoms with van der Waals surface area (Å²) in [4.78, 5) is 28.5. The molecule has 9 nitrogen and oxygen atoms in total. The highest BCUT2D eigenvalue weighted by molar-refractivity contribution is 7.92. The second kappa shape index (κ2) is 14.2. The minimum absolute atomic E-state index is 0.0980. The van der Waals surface area contributed by atoms with Gasteiger partial charge in [-0.3, -0.25) is 13.9 Å². The van der Waals surface area contributed by atoms with Gasteiger partial charge < -0.3 is 19.7 Å². The van der Waals surface area contributed by atoms with Crippen LogP contribution in [0.2, 0.25) is 5.02 Å². The normalized spacial score (nSPS) is 11.9. The number of likely N-dealkylation sites (N-methyl/N-ethyl adjacent to an activating group) is 1. The van der Waals surface area contributed by atoms with E-state index in [4.69, 9.17) is 21.1 Å². The van der Waals surface area contributed by atoms with E-state index in [-0.39, 0.29) is 28.8 Å². The van der Waals surface area contributed by atoms with Crippen LogP contribution in [0.5, 0.6) is 11.5 Å². The molecular formula is C30H36ClN3O6S. The third kappa shape index (κ3) is 7.51. The lowest BCUT2D eigenvalue weighted by molar-refractivity contribution is -0.140. The third-order valence-electron chi connectivity index (χ3n) is 6.68. The van der Waals surface area contributed by atoms with Crippen molar-refractivity contribution in [3.05, 3.63) is 82.9 Å². The molecule has 1 N–H and O–H groups in total. The number of ether oxygens (including phenoxy) is 2. The Morgan fingerprint density at radius 1 is 0.951 bits per heavy atom. The molecule has 0 aromatic heterocycles. The maximum atomic E-state index is 14.1. The van der Waals surface area contributed by atoms with Crippen molar-refractivity contribution in [3.8, 4) is 11.5 Å². The molecule has 1 unspecified atom stereocenters. The van der Waals surface area contributed by atoms with Crippen LogP contribution in [0.4, 0.5) is 5.69 Å². The average molecular weight is 602 g/mol. The Bertz CT molecular complexity index is 1460. The lowest BCUT2D eigenvalue weighted by Crippen LogP contribution is -2.52. The number of anilines is 1. The molecule has 0 bridgehead atoms. The first-order chi connectivity index (χ1) is 19.6. The Morgan fingerprint density at radius 3 is 2.20 bits per heavy atom. The number of carbonyl (C=O) groups is 2. The van der Waals surface area contributed by atoms with Crippen molar-refractivity contribution in [3.63, 3.8) is 0 Å². The fraction of sp³-hybridized carbons (Fsp3) is 0.333. The van der Waals surface area contributed by atoms with E-state index >= 15 is 0 Å². The first-order valence-electron chi connectivity index (χ1n) is 13.2. The Hall–Kier alpha value is -3.76. The molecule has 11 heteroatoms. The van der Waals surface area contributed by atoms with Crippen molar-refractivity contribution in [1.82, 2.24) is 10.2 Å². The smallest absolute Gasteiger partial charge is 0.264 e. The van der Waals surface area contributed by atoms with Crippen LogP contribution >= 0.6 is 11.6 Å². The molecular weight excluding hydrogens is 566 g/mol. The number of nitrogens with one attached hydrogen (secondary N) is 1. The molecule has 0 fully saturated rings. The van der Waals surface area contributed by atoms with Gasteiger partial charge in [0, 0.05) is 24.2 Å². The molecule has 2 amide bonds. The lowest BCUT2D eigenvalue weighted by atomic mass is 10.1. The number of hydrogen-bond donors (Lipinski definition) is 1. The number of amides is 2. The van der Waals surface area contributed by atoms with E-state index < -0.39 is 28.5 Å². The zero-order valence-corrected chi connectivity index (χ0v) is 25.5. The highest BCUT2D eigenvalue weighted by atomic mass is 35.5. The van der Waals surface area contributed by atoms with Gasteiger partial charge in [0.25, 0.3) is 10.0 Å². The molecule has 220 valence electrons. The minimum Gasteiger partial charge on any atom is -0.493 e. The quantitative estimate of drug-likeness (QED) is 0.302. The third-order valence-corrected chi connectivity index (χ3v) is 8.70.